The molecule has 1 saturated carbocycles. The first kappa shape index (κ1) is 22.2. The molecule has 5 N–H and O–H groups in total. The summed E-state index contributed by atoms with van der Waals surface area (Å²) in [6.45, 7) is -0.118. The highest BCUT2D eigenvalue weighted by Gasteiger charge is 2.31. The van der Waals surface area contributed by atoms with Crippen LogP contribution >= 0.6 is 0 Å². The van der Waals surface area contributed by atoms with Gasteiger partial charge in [0.05, 0.1) is 16.6 Å². The van der Waals surface area contributed by atoms with Crippen LogP contribution < -0.4 is 21.8 Å². The molecule has 0 spiro atoms. The lowest BCUT2D eigenvalue weighted by Crippen LogP contribution is -2.29. The average molecular weight is 460 g/mol. The van der Waals surface area contributed by atoms with Crippen molar-refractivity contribution >= 4 is 34.2 Å². The number of pyridine rings is 1. The number of nitrogens with two attached hydrogens (primary N) is 1. The van der Waals surface area contributed by atoms with Crippen molar-refractivity contribution in [1.82, 2.24) is 9.88 Å². The predicted molar refractivity (Wildman–Crippen MR) is 115 cm³/mol. The van der Waals surface area contributed by atoms with Gasteiger partial charge in [-0.15, -0.1) is 0 Å². The Hall–Kier alpha value is -4.02. The second-order valence-corrected chi connectivity index (χ2v) is 7.65. The number of fused-ring (bicyclic) bond motifs is 1. The summed E-state index contributed by atoms with van der Waals surface area (Å²) in [7, 11) is 0. The summed E-state index contributed by atoms with van der Waals surface area (Å²) >= 11 is 0. The molecule has 1 aliphatic carbocycles. The van der Waals surface area contributed by atoms with Gasteiger partial charge >= 0.3 is 5.97 Å². The fourth-order valence-electron chi connectivity index (χ4n) is 3.58. The van der Waals surface area contributed by atoms with Crippen LogP contribution in [0.25, 0.3) is 10.9 Å². The minimum absolute atomic E-state index is 0.0274. The number of carbonyl (C=O) groups excluding carboxylic acids is 1. The van der Waals surface area contributed by atoms with Crippen molar-refractivity contribution in [3.05, 3.63) is 69.3 Å². The van der Waals surface area contributed by atoms with Crippen LogP contribution in [0.4, 0.5) is 24.5 Å². The molecule has 8 nitrogen and oxygen atoms in total. The van der Waals surface area contributed by atoms with E-state index in [-0.39, 0.29) is 30.2 Å². The van der Waals surface area contributed by atoms with E-state index in [2.05, 4.69) is 10.6 Å². The maximum absolute atomic E-state index is 15.4. The number of hydrogen-bond acceptors (Lipinski definition) is 5. The SMILES string of the molecule is Nc1c(F)c(NCCNC(=O)c2ccc(F)cc2)c(F)c2c1c(=O)c(C(=O)O)cn2C1CC1. The first-order valence-electron chi connectivity index (χ1n) is 10.1. The molecule has 2 aromatic carbocycles. The smallest absolute Gasteiger partial charge is 0.341 e. The van der Waals surface area contributed by atoms with Gasteiger partial charge in [0.2, 0.25) is 5.43 Å². The number of rotatable bonds is 7. The second-order valence-electron chi connectivity index (χ2n) is 7.65. The van der Waals surface area contributed by atoms with E-state index < -0.39 is 57.1 Å². The van der Waals surface area contributed by atoms with Gasteiger partial charge in [0.15, 0.2) is 11.6 Å². The zero-order valence-electron chi connectivity index (χ0n) is 17.1. The number of nitrogen functional groups attached to an aromatic ring is 1. The summed E-state index contributed by atoms with van der Waals surface area (Å²) in [5.74, 6) is -4.82. The molecule has 0 radical (unpaired) electrons. The molecule has 1 aliphatic rings. The van der Waals surface area contributed by atoms with Crippen LogP contribution in [-0.4, -0.2) is 34.6 Å². The van der Waals surface area contributed by atoms with Crippen LogP contribution in [0.3, 0.4) is 0 Å². The lowest BCUT2D eigenvalue weighted by atomic mass is 10.1. The van der Waals surface area contributed by atoms with E-state index in [0.29, 0.717) is 12.8 Å². The van der Waals surface area contributed by atoms with Gasteiger partial charge in [-0.3, -0.25) is 9.59 Å². The summed E-state index contributed by atoms with van der Waals surface area (Å²) in [4.78, 5) is 36.1. The number of carboxylic acids is 1. The highest BCUT2D eigenvalue weighted by Crippen LogP contribution is 2.40. The highest BCUT2D eigenvalue weighted by atomic mass is 19.1. The normalized spacial score (nSPS) is 13.2. The molecule has 1 aromatic heterocycles. The number of nitrogens with zero attached hydrogens (tertiary/aromatic N) is 1. The molecule has 4 rings (SSSR count). The van der Waals surface area contributed by atoms with Crippen molar-refractivity contribution in [1.29, 1.82) is 0 Å². The Morgan fingerprint density at radius 3 is 2.36 bits per heavy atom. The number of carbonyl (C=O) groups is 2. The molecular weight excluding hydrogens is 441 g/mol. The number of anilines is 2. The molecule has 1 amide bonds. The van der Waals surface area contributed by atoms with Crippen LogP contribution in [0.15, 0.2) is 35.3 Å². The van der Waals surface area contributed by atoms with Crippen LogP contribution in [0.1, 0.15) is 39.6 Å². The summed E-state index contributed by atoms with van der Waals surface area (Å²) in [5.41, 5.74) is 2.80. The molecule has 0 bridgehead atoms. The van der Waals surface area contributed by atoms with Crippen LogP contribution in [0.2, 0.25) is 0 Å². The minimum atomic E-state index is -1.52. The first-order valence-corrected chi connectivity index (χ1v) is 10.1. The Morgan fingerprint density at radius 1 is 1.09 bits per heavy atom. The van der Waals surface area contributed by atoms with Gasteiger partial charge in [-0.1, -0.05) is 0 Å². The molecule has 1 heterocycles. The fourth-order valence-corrected chi connectivity index (χ4v) is 3.58. The summed E-state index contributed by atoms with van der Waals surface area (Å²) < 4.78 is 44.5. The lowest BCUT2D eigenvalue weighted by Gasteiger charge is -2.18. The molecule has 172 valence electrons. The zero-order valence-corrected chi connectivity index (χ0v) is 17.1. The molecule has 0 unspecified atom stereocenters. The van der Waals surface area contributed by atoms with Crippen molar-refractivity contribution in [2.75, 3.05) is 24.1 Å². The van der Waals surface area contributed by atoms with Crippen LogP contribution in [0, 0.1) is 17.5 Å². The summed E-state index contributed by atoms with van der Waals surface area (Å²) in [5, 5.41) is 13.9. The summed E-state index contributed by atoms with van der Waals surface area (Å²) in [6, 6.07) is 4.62. The van der Waals surface area contributed by atoms with E-state index in [9.17, 15) is 28.3 Å². The van der Waals surface area contributed by atoms with Crippen molar-refractivity contribution in [2.24, 2.45) is 0 Å². The minimum Gasteiger partial charge on any atom is -0.477 e. The van der Waals surface area contributed by atoms with Gasteiger partial charge in [-0.05, 0) is 37.1 Å². The van der Waals surface area contributed by atoms with E-state index in [1.807, 2.05) is 0 Å². The van der Waals surface area contributed by atoms with Gasteiger partial charge in [-0.2, -0.15) is 0 Å². The highest BCUT2D eigenvalue weighted by molar-refractivity contribution is 5.99. The Morgan fingerprint density at radius 2 is 1.76 bits per heavy atom. The molecule has 0 aliphatic heterocycles. The third kappa shape index (κ3) is 4.09. The molecule has 11 heteroatoms. The third-order valence-corrected chi connectivity index (χ3v) is 5.38. The monoisotopic (exact) mass is 460 g/mol. The van der Waals surface area contributed by atoms with Crippen LogP contribution in [-0.2, 0) is 0 Å². The second kappa shape index (κ2) is 8.49. The molecule has 33 heavy (non-hydrogen) atoms. The number of aromatic nitrogens is 1. The van der Waals surface area contributed by atoms with Gasteiger partial charge in [0, 0.05) is 30.9 Å². The van der Waals surface area contributed by atoms with Crippen molar-refractivity contribution < 1.29 is 27.9 Å². The zero-order chi connectivity index (χ0) is 23.9. The topological polar surface area (TPSA) is 126 Å². The number of benzene rings is 2. The van der Waals surface area contributed by atoms with Gasteiger partial charge in [0.25, 0.3) is 5.91 Å². The third-order valence-electron chi connectivity index (χ3n) is 5.38. The maximum atomic E-state index is 15.4. The maximum Gasteiger partial charge on any atom is 0.341 e. The van der Waals surface area contributed by atoms with E-state index in [1.165, 1.54) is 16.7 Å². The number of nitrogens with one attached hydrogen (secondary N) is 2. The quantitative estimate of drug-likeness (QED) is 0.317. The number of amides is 1. The largest absolute Gasteiger partial charge is 0.477 e. The van der Waals surface area contributed by atoms with Gasteiger partial charge in [-0.25, -0.2) is 18.0 Å². The molecule has 3 aromatic rings. The molecular formula is C22H19F3N4O4. The summed E-state index contributed by atoms with van der Waals surface area (Å²) in [6.07, 6.45) is 2.34. The van der Waals surface area contributed by atoms with Crippen molar-refractivity contribution in [3.8, 4) is 0 Å². The molecule has 0 atom stereocenters. The first-order chi connectivity index (χ1) is 15.7. The van der Waals surface area contributed by atoms with Gasteiger partial charge < -0.3 is 26.0 Å². The predicted octanol–water partition coefficient (Wildman–Crippen LogP) is 2.88. The fraction of sp³-hybridized carbons (Fsp3) is 0.227. The van der Waals surface area contributed by atoms with E-state index in [1.54, 1.807) is 0 Å². The molecule has 0 saturated heterocycles. The van der Waals surface area contributed by atoms with Crippen LogP contribution in [0.5, 0.6) is 0 Å². The van der Waals surface area contributed by atoms with E-state index in [0.717, 1.165) is 18.3 Å². The number of carboxylic acid groups (broad SMARTS) is 1. The average Bonchev–Trinajstić information content (AvgIpc) is 3.62. The Kier molecular flexibility index (Phi) is 5.71. The van der Waals surface area contributed by atoms with Crippen molar-refractivity contribution in [2.45, 2.75) is 18.9 Å². The number of halogens is 3. The lowest BCUT2D eigenvalue weighted by molar-refractivity contribution is 0.0694. The Balaban J connectivity index is 1.62. The number of aromatic carboxylic acids is 1. The van der Waals surface area contributed by atoms with E-state index >= 15 is 4.39 Å². The number of hydrogen-bond donors (Lipinski definition) is 4. The Bertz CT molecular complexity index is 1330. The van der Waals surface area contributed by atoms with Gasteiger partial charge in [0.1, 0.15) is 17.1 Å². The Labute approximate surface area is 184 Å². The molecule has 1 fully saturated rings. The van der Waals surface area contributed by atoms with E-state index in [4.69, 9.17) is 5.73 Å². The van der Waals surface area contributed by atoms with Crippen molar-refractivity contribution in [3.63, 3.8) is 0 Å². The standard InChI is InChI=1S/C22H19F3N4O4/c23-11-3-1-10(2-4-11)21(31)28-8-7-27-18-15(24)17(26)14-19(16(18)25)29(12-5-6-12)9-13(20(14)30)22(32)33/h1-4,9,12,27H,5-8,26H2,(H,28,31)(H,32,33).